The molecule has 1 aromatic heterocycles. The van der Waals surface area contributed by atoms with Crippen LogP contribution in [0.4, 0.5) is 16.4 Å². The number of halogens is 1. The first-order valence-electron chi connectivity index (χ1n) is 9.75. The smallest absolute Gasteiger partial charge is 0.211 e. The van der Waals surface area contributed by atoms with E-state index in [1.807, 2.05) is 0 Å². The molecule has 168 valence electrons. The third kappa shape index (κ3) is 4.59. The summed E-state index contributed by atoms with van der Waals surface area (Å²) < 4.78 is 32.2. The molecule has 3 N–H and O–H groups in total. The number of ketones is 1. The van der Waals surface area contributed by atoms with Gasteiger partial charge in [-0.15, -0.1) is 11.3 Å². The van der Waals surface area contributed by atoms with Gasteiger partial charge in [-0.05, 0) is 60.7 Å². The van der Waals surface area contributed by atoms with Crippen LogP contribution in [0.1, 0.15) is 15.2 Å². The van der Waals surface area contributed by atoms with Gasteiger partial charge in [0.1, 0.15) is 20.5 Å². The summed E-state index contributed by atoms with van der Waals surface area (Å²) in [4.78, 5) is 13.3. The van der Waals surface area contributed by atoms with Crippen molar-refractivity contribution >= 4 is 54.9 Å². The fourth-order valence-corrected chi connectivity index (χ4v) is 6.28. The molecule has 0 aliphatic rings. The van der Waals surface area contributed by atoms with Crippen molar-refractivity contribution in [3.63, 3.8) is 0 Å². The van der Waals surface area contributed by atoms with Gasteiger partial charge < -0.3 is 15.8 Å². The SMILES string of the molecule is COc1ccc(C(=O)c2sc(Nc3ccc(Cl)cc3)c(S(=O)(=O)c3ccccc3)c2N)cc1. The van der Waals surface area contributed by atoms with E-state index in [1.165, 1.54) is 19.2 Å². The van der Waals surface area contributed by atoms with Crippen molar-refractivity contribution in [1.29, 1.82) is 0 Å². The number of benzene rings is 3. The van der Waals surface area contributed by atoms with Crippen molar-refractivity contribution in [3.8, 4) is 5.75 Å². The number of nitrogen functional groups attached to an aromatic ring is 1. The Morgan fingerprint density at radius 3 is 2.21 bits per heavy atom. The van der Waals surface area contributed by atoms with E-state index in [0.29, 0.717) is 22.0 Å². The molecule has 0 amide bonds. The fourth-order valence-electron chi connectivity index (χ4n) is 3.20. The summed E-state index contributed by atoms with van der Waals surface area (Å²) in [6.45, 7) is 0. The number of rotatable bonds is 7. The molecule has 1 heterocycles. The number of anilines is 3. The van der Waals surface area contributed by atoms with Crippen molar-refractivity contribution in [2.45, 2.75) is 9.79 Å². The predicted octanol–water partition coefficient (Wildman–Crippen LogP) is 5.80. The van der Waals surface area contributed by atoms with E-state index >= 15 is 0 Å². The number of carbonyl (C=O) groups excluding carboxylic acids is 1. The van der Waals surface area contributed by atoms with E-state index in [4.69, 9.17) is 22.1 Å². The van der Waals surface area contributed by atoms with E-state index in [2.05, 4.69) is 5.32 Å². The fraction of sp³-hybridized carbons (Fsp3) is 0.0417. The summed E-state index contributed by atoms with van der Waals surface area (Å²) in [5, 5.41) is 3.88. The van der Waals surface area contributed by atoms with Gasteiger partial charge in [-0.1, -0.05) is 29.8 Å². The molecule has 9 heteroatoms. The summed E-state index contributed by atoms with van der Waals surface area (Å²) in [6.07, 6.45) is 0. The first kappa shape index (κ1) is 22.8. The van der Waals surface area contributed by atoms with Gasteiger partial charge in [0.15, 0.2) is 0 Å². The number of hydrogen-bond donors (Lipinski definition) is 2. The minimum atomic E-state index is -4.01. The van der Waals surface area contributed by atoms with Gasteiger partial charge in [0.25, 0.3) is 0 Å². The lowest BCUT2D eigenvalue weighted by Crippen LogP contribution is -2.08. The Hall–Kier alpha value is -3.33. The van der Waals surface area contributed by atoms with Gasteiger partial charge >= 0.3 is 0 Å². The molecule has 0 aliphatic carbocycles. The summed E-state index contributed by atoms with van der Waals surface area (Å²) in [5.41, 5.74) is 7.20. The molecule has 33 heavy (non-hydrogen) atoms. The maximum absolute atomic E-state index is 13.5. The summed E-state index contributed by atoms with van der Waals surface area (Å²) in [7, 11) is -2.48. The maximum atomic E-state index is 13.5. The van der Waals surface area contributed by atoms with Gasteiger partial charge in [-0.25, -0.2) is 8.42 Å². The Labute approximate surface area is 200 Å². The standard InChI is InChI=1S/C24H19ClN2O4S2/c1-31-18-13-7-15(8-14-18)21(28)22-20(26)23(33(29,30)19-5-3-2-4-6-19)24(32-22)27-17-11-9-16(25)10-12-17/h2-14,27H,26H2,1H3. The topological polar surface area (TPSA) is 98.5 Å². The van der Waals surface area contributed by atoms with Crippen molar-refractivity contribution in [2.75, 3.05) is 18.2 Å². The van der Waals surface area contributed by atoms with Crippen LogP contribution in [0.25, 0.3) is 0 Å². The van der Waals surface area contributed by atoms with Crippen LogP contribution in [0.5, 0.6) is 5.75 Å². The van der Waals surface area contributed by atoms with Gasteiger partial charge in [-0.3, -0.25) is 4.79 Å². The van der Waals surface area contributed by atoms with Crippen LogP contribution in [0.3, 0.4) is 0 Å². The lowest BCUT2D eigenvalue weighted by atomic mass is 10.1. The molecule has 0 radical (unpaired) electrons. The van der Waals surface area contributed by atoms with Crippen LogP contribution >= 0.6 is 22.9 Å². The lowest BCUT2D eigenvalue weighted by molar-refractivity contribution is 0.104. The Balaban J connectivity index is 1.85. The van der Waals surface area contributed by atoms with Crippen LogP contribution in [0.2, 0.25) is 5.02 Å². The van der Waals surface area contributed by atoms with E-state index in [1.54, 1.807) is 66.7 Å². The molecule has 0 unspecified atom stereocenters. The third-order valence-electron chi connectivity index (χ3n) is 4.88. The molecule has 0 atom stereocenters. The van der Waals surface area contributed by atoms with Crippen molar-refractivity contribution in [3.05, 3.63) is 94.3 Å². The number of nitrogens with two attached hydrogens (primary N) is 1. The Bertz CT molecular complexity index is 1400. The Kier molecular flexibility index (Phi) is 6.42. The molecular weight excluding hydrogens is 480 g/mol. The van der Waals surface area contributed by atoms with Crippen LogP contribution in [0.15, 0.2) is 88.7 Å². The minimum Gasteiger partial charge on any atom is -0.497 e. The van der Waals surface area contributed by atoms with E-state index < -0.39 is 9.84 Å². The van der Waals surface area contributed by atoms with Crippen LogP contribution in [-0.4, -0.2) is 21.3 Å². The van der Waals surface area contributed by atoms with Gasteiger partial charge in [0, 0.05) is 16.3 Å². The number of thiophene rings is 1. The Morgan fingerprint density at radius 2 is 1.61 bits per heavy atom. The molecule has 0 spiro atoms. The third-order valence-corrected chi connectivity index (χ3v) is 8.24. The number of nitrogens with one attached hydrogen (secondary N) is 1. The minimum absolute atomic E-state index is 0.0807. The highest BCUT2D eigenvalue weighted by Crippen LogP contribution is 2.44. The highest BCUT2D eigenvalue weighted by molar-refractivity contribution is 7.92. The monoisotopic (exact) mass is 498 g/mol. The first-order chi connectivity index (χ1) is 15.8. The number of ether oxygens (including phenoxy) is 1. The van der Waals surface area contributed by atoms with Crippen LogP contribution < -0.4 is 15.8 Å². The predicted molar refractivity (Wildman–Crippen MR) is 132 cm³/mol. The quantitative estimate of drug-likeness (QED) is 0.312. The van der Waals surface area contributed by atoms with Crippen molar-refractivity contribution in [1.82, 2.24) is 0 Å². The zero-order chi connectivity index (χ0) is 23.6. The van der Waals surface area contributed by atoms with E-state index in [0.717, 1.165) is 11.3 Å². The van der Waals surface area contributed by atoms with Crippen molar-refractivity contribution < 1.29 is 17.9 Å². The molecule has 0 aliphatic heterocycles. The molecule has 0 saturated carbocycles. The highest BCUT2D eigenvalue weighted by Gasteiger charge is 2.31. The molecule has 4 rings (SSSR count). The number of carbonyl (C=O) groups is 1. The zero-order valence-corrected chi connectivity index (χ0v) is 19.8. The molecule has 0 saturated heterocycles. The summed E-state index contributed by atoms with van der Waals surface area (Å²) >= 11 is 6.95. The average molecular weight is 499 g/mol. The highest BCUT2D eigenvalue weighted by atomic mass is 35.5. The molecule has 0 bridgehead atoms. The van der Waals surface area contributed by atoms with Gasteiger partial charge in [-0.2, -0.15) is 0 Å². The Morgan fingerprint density at radius 1 is 0.970 bits per heavy atom. The van der Waals surface area contributed by atoms with Crippen molar-refractivity contribution in [2.24, 2.45) is 0 Å². The first-order valence-corrected chi connectivity index (χ1v) is 12.4. The second-order valence-corrected chi connectivity index (χ2v) is 10.4. The molecule has 0 fully saturated rings. The molecule has 4 aromatic rings. The molecule has 6 nitrogen and oxygen atoms in total. The second kappa shape index (κ2) is 9.27. The molecule has 3 aromatic carbocycles. The second-order valence-electron chi connectivity index (χ2n) is 7.01. The summed E-state index contributed by atoms with van der Waals surface area (Å²) in [5.74, 6) is 0.219. The average Bonchev–Trinajstić information content (AvgIpc) is 3.17. The number of methoxy groups -OCH3 is 1. The zero-order valence-electron chi connectivity index (χ0n) is 17.4. The normalized spacial score (nSPS) is 11.2. The molecular formula is C24H19ClN2O4S2. The number of sulfone groups is 1. The maximum Gasteiger partial charge on any atom is 0.211 e. The van der Waals surface area contributed by atoms with E-state index in [9.17, 15) is 13.2 Å². The number of hydrogen-bond acceptors (Lipinski definition) is 7. The van der Waals surface area contributed by atoms with Crippen LogP contribution in [0, 0.1) is 0 Å². The summed E-state index contributed by atoms with van der Waals surface area (Å²) in [6, 6.07) is 21.3. The van der Waals surface area contributed by atoms with Crippen LogP contribution in [-0.2, 0) is 9.84 Å². The largest absolute Gasteiger partial charge is 0.497 e. The van der Waals surface area contributed by atoms with Gasteiger partial charge in [0.2, 0.25) is 15.6 Å². The van der Waals surface area contributed by atoms with E-state index in [-0.39, 0.29) is 31.1 Å². The van der Waals surface area contributed by atoms with Gasteiger partial charge in [0.05, 0.1) is 17.7 Å². The lowest BCUT2D eigenvalue weighted by Gasteiger charge is -2.09.